The predicted octanol–water partition coefficient (Wildman–Crippen LogP) is 3.61. The van der Waals surface area contributed by atoms with Crippen molar-refractivity contribution in [2.75, 3.05) is 31.6 Å². The maximum absolute atomic E-state index is 13.1. The number of rotatable bonds is 4. The van der Waals surface area contributed by atoms with Crippen LogP contribution in [0.15, 0.2) is 42.5 Å². The highest BCUT2D eigenvalue weighted by Gasteiger charge is 2.31. The molecule has 0 bridgehead atoms. The largest absolute Gasteiger partial charge is 0.379 e. The lowest BCUT2D eigenvalue weighted by atomic mass is 9.81. The fourth-order valence-electron chi connectivity index (χ4n) is 5.94. The second-order valence-electron chi connectivity index (χ2n) is 9.96. The summed E-state index contributed by atoms with van der Waals surface area (Å²) in [7, 11) is -3.98. The summed E-state index contributed by atoms with van der Waals surface area (Å²) in [5.74, 6) is -0.472. The lowest BCUT2D eigenvalue weighted by Crippen LogP contribution is -2.48. The summed E-state index contributed by atoms with van der Waals surface area (Å²) in [6, 6.07) is 13.1. The van der Waals surface area contributed by atoms with Gasteiger partial charge in [-0.2, -0.15) is 12.7 Å². The Labute approximate surface area is 216 Å². The Morgan fingerprint density at radius 2 is 1.78 bits per heavy atom. The minimum absolute atomic E-state index is 0.115. The number of hydrogen-bond donors (Lipinski definition) is 2. The van der Waals surface area contributed by atoms with Gasteiger partial charge in [0.1, 0.15) is 6.54 Å². The van der Waals surface area contributed by atoms with Gasteiger partial charge in [0, 0.05) is 29.6 Å². The van der Waals surface area contributed by atoms with Crippen LogP contribution < -0.4 is 10.0 Å². The highest BCUT2D eigenvalue weighted by Crippen LogP contribution is 2.46. The monoisotopic (exact) mass is 522 g/mol. The molecule has 2 aromatic carbocycles. The van der Waals surface area contributed by atoms with E-state index in [4.69, 9.17) is 4.74 Å². The molecule has 0 radical (unpaired) electrons. The van der Waals surface area contributed by atoms with Gasteiger partial charge in [-0.05, 0) is 42.5 Å². The summed E-state index contributed by atoms with van der Waals surface area (Å²) >= 11 is 0. The molecule has 2 fully saturated rings. The minimum Gasteiger partial charge on any atom is -0.379 e. The van der Waals surface area contributed by atoms with Crippen LogP contribution in [0.25, 0.3) is 22.2 Å². The van der Waals surface area contributed by atoms with E-state index in [0.29, 0.717) is 19.1 Å². The number of amides is 2. The number of fused-ring (bicyclic) bond motifs is 5. The van der Waals surface area contributed by atoms with Crippen molar-refractivity contribution in [3.8, 4) is 11.3 Å². The van der Waals surface area contributed by atoms with Gasteiger partial charge in [-0.3, -0.25) is 9.59 Å². The molecule has 2 amide bonds. The van der Waals surface area contributed by atoms with Crippen LogP contribution in [0.5, 0.6) is 0 Å². The van der Waals surface area contributed by atoms with E-state index in [1.165, 1.54) is 16.3 Å². The average Bonchev–Trinajstić information content (AvgIpc) is 3.14. The molecule has 2 aliphatic heterocycles. The molecule has 9 nitrogen and oxygen atoms in total. The predicted molar refractivity (Wildman–Crippen MR) is 141 cm³/mol. The molecule has 0 unspecified atom stereocenters. The summed E-state index contributed by atoms with van der Waals surface area (Å²) in [5.41, 5.74) is 4.96. The Bertz CT molecular complexity index is 1480. The van der Waals surface area contributed by atoms with Crippen molar-refractivity contribution in [1.29, 1.82) is 0 Å². The van der Waals surface area contributed by atoms with Crippen molar-refractivity contribution in [2.24, 2.45) is 0 Å². The van der Waals surface area contributed by atoms with Crippen LogP contribution in [-0.4, -0.2) is 55.4 Å². The maximum atomic E-state index is 13.1. The van der Waals surface area contributed by atoms with E-state index >= 15 is 0 Å². The molecule has 2 N–H and O–H groups in total. The Morgan fingerprint density at radius 1 is 1.03 bits per heavy atom. The zero-order chi connectivity index (χ0) is 25.6. The molecule has 6 rings (SSSR count). The summed E-state index contributed by atoms with van der Waals surface area (Å²) < 4.78 is 36.2. The van der Waals surface area contributed by atoms with Gasteiger partial charge in [0.15, 0.2) is 0 Å². The zero-order valence-corrected chi connectivity index (χ0v) is 21.4. The minimum atomic E-state index is -3.98. The number of ether oxygens (including phenoxy) is 1. The summed E-state index contributed by atoms with van der Waals surface area (Å²) in [6.45, 7) is 1.11. The molecule has 3 aliphatic rings. The standard InChI is InChI=1S/C27H30N4O5S/c32-24-17-31-23-16-19(27(33)29-37(34,35)30-12-14-36-15-13-30)10-11-21(23)25(18-6-2-1-3-7-18)26(31)20-8-4-5-9-22(20)28-24/h4-5,8-11,16,18H,1-3,6-7,12-15,17H2,(H,28,32)(H,29,33). The lowest BCUT2D eigenvalue weighted by Gasteiger charge is -2.25. The average molecular weight is 523 g/mol. The number of anilines is 1. The van der Waals surface area contributed by atoms with E-state index in [2.05, 4.69) is 10.0 Å². The number of morpholine rings is 1. The number of carbonyl (C=O) groups is 2. The molecular weight excluding hydrogens is 492 g/mol. The first kappa shape index (κ1) is 24.1. The second-order valence-corrected chi connectivity index (χ2v) is 11.6. The number of hydrogen-bond acceptors (Lipinski definition) is 5. The summed E-state index contributed by atoms with van der Waals surface area (Å²) in [5, 5.41) is 4.03. The van der Waals surface area contributed by atoms with Crippen molar-refractivity contribution in [2.45, 2.75) is 44.6 Å². The van der Waals surface area contributed by atoms with Gasteiger partial charge in [-0.1, -0.05) is 43.5 Å². The molecule has 1 saturated heterocycles. The van der Waals surface area contributed by atoms with Gasteiger partial charge in [-0.25, -0.2) is 4.72 Å². The first-order chi connectivity index (χ1) is 17.9. The maximum Gasteiger partial charge on any atom is 0.304 e. The van der Waals surface area contributed by atoms with Gasteiger partial charge in [-0.15, -0.1) is 0 Å². The first-order valence-corrected chi connectivity index (χ1v) is 14.3. The van der Waals surface area contributed by atoms with Gasteiger partial charge >= 0.3 is 10.2 Å². The van der Waals surface area contributed by atoms with E-state index in [1.54, 1.807) is 12.1 Å². The Hall–Kier alpha value is -3.21. The van der Waals surface area contributed by atoms with Crippen molar-refractivity contribution in [3.63, 3.8) is 0 Å². The van der Waals surface area contributed by atoms with Crippen LogP contribution in [0.1, 0.15) is 53.9 Å². The van der Waals surface area contributed by atoms with Crippen LogP contribution >= 0.6 is 0 Å². The van der Waals surface area contributed by atoms with E-state index in [9.17, 15) is 18.0 Å². The zero-order valence-electron chi connectivity index (χ0n) is 20.5. The molecule has 37 heavy (non-hydrogen) atoms. The third-order valence-electron chi connectivity index (χ3n) is 7.67. The number of para-hydroxylation sites is 1. The third kappa shape index (κ3) is 4.43. The lowest BCUT2D eigenvalue weighted by molar-refractivity contribution is -0.116. The summed E-state index contributed by atoms with van der Waals surface area (Å²) in [4.78, 5) is 26.0. The molecule has 194 valence electrons. The number of aromatic nitrogens is 1. The Kier molecular flexibility index (Phi) is 6.26. The second kappa shape index (κ2) is 9.59. The van der Waals surface area contributed by atoms with E-state index in [0.717, 1.165) is 53.5 Å². The molecule has 10 heteroatoms. The van der Waals surface area contributed by atoms with Crippen LogP contribution in [0.4, 0.5) is 5.69 Å². The fraction of sp³-hybridized carbons (Fsp3) is 0.407. The molecule has 3 heterocycles. The summed E-state index contributed by atoms with van der Waals surface area (Å²) in [6.07, 6.45) is 5.71. The Morgan fingerprint density at radius 3 is 2.57 bits per heavy atom. The number of benzene rings is 2. The van der Waals surface area contributed by atoms with Gasteiger partial charge in [0.25, 0.3) is 5.91 Å². The molecule has 0 atom stereocenters. The van der Waals surface area contributed by atoms with Gasteiger partial charge in [0.2, 0.25) is 5.91 Å². The highest BCUT2D eigenvalue weighted by atomic mass is 32.2. The van der Waals surface area contributed by atoms with Crippen LogP contribution in [0.3, 0.4) is 0 Å². The smallest absolute Gasteiger partial charge is 0.304 e. The molecule has 3 aromatic rings. The number of nitrogens with one attached hydrogen (secondary N) is 2. The van der Waals surface area contributed by atoms with Crippen molar-refractivity contribution in [1.82, 2.24) is 13.6 Å². The molecular formula is C27H30N4O5S. The van der Waals surface area contributed by atoms with Crippen LogP contribution in [0, 0.1) is 0 Å². The quantitative estimate of drug-likeness (QED) is 0.544. The number of carbonyl (C=O) groups excluding carboxylic acids is 2. The highest BCUT2D eigenvalue weighted by molar-refractivity contribution is 7.87. The molecule has 1 saturated carbocycles. The van der Waals surface area contributed by atoms with Gasteiger partial charge < -0.3 is 14.6 Å². The van der Waals surface area contributed by atoms with Gasteiger partial charge in [0.05, 0.1) is 30.1 Å². The molecule has 1 aliphatic carbocycles. The van der Waals surface area contributed by atoms with E-state index < -0.39 is 16.1 Å². The normalized spacial score (nSPS) is 19.1. The van der Waals surface area contributed by atoms with E-state index in [1.807, 2.05) is 34.9 Å². The van der Waals surface area contributed by atoms with Crippen molar-refractivity contribution < 1.29 is 22.7 Å². The van der Waals surface area contributed by atoms with Crippen LogP contribution in [0.2, 0.25) is 0 Å². The van der Waals surface area contributed by atoms with Crippen molar-refractivity contribution >= 4 is 38.6 Å². The van der Waals surface area contributed by atoms with Crippen molar-refractivity contribution in [3.05, 3.63) is 53.6 Å². The van der Waals surface area contributed by atoms with E-state index in [-0.39, 0.29) is 31.1 Å². The number of nitrogens with zero attached hydrogens (tertiary/aromatic N) is 2. The first-order valence-electron chi connectivity index (χ1n) is 12.9. The SMILES string of the molecule is O=C1Cn2c(c(C3CCCCC3)c3ccc(C(=O)NS(=O)(=O)N4CCOCC4)cc32)-c2ccccc2N1. The fourth-order valence-corrected chi connectivity index (χ4v) is 7.05. The topological polar surface area (TPSA) is 110 Å². The molecule has 1 aromatic heterocycles. The third-order valence-corrected chi connectivity index (χ3v) is 9.16. The Balaban J connectivity index is 1.47. The molecule has 0 spiro atoms. The van der Waals surface area contributed by atoms with Crippen LogP contribution in [-0.2, 0) is 26.3 Å².